The first-order valence-electron chi connectivity index (χ1n) is 7.49. The van der Waals surface area contributed by atoms with Gasteiger partial charge in [-0.15, -0.1) is 0 Å². The van der Waals surface area contributed by atoms with Gasteiger partial charge >= 0.3 is 5.69 Å². The van der Waals surface area contributed by atoms with E-state index in [9.17, 15) is 9.59 Å². The molecule has 0 spiro atoms. The van der Waals surface area contributed by atoms with Crippen LogP contribution in [-0.2, 0) is 6.54 Å². The Kier molecular flexibility index (Phi) is 3.31. The molecule has 2 fully saturated rings. The second-order valence-corrected chi connectivity index (χ2v) is 6.10. The van der Waals surface area contributed by atoms with Crippen LogP contribution in [0.15, 0.2) is 9.59 Å². The van der Waals surface area contributed by atoms with Gasteiger partial charge in [0.15, 0.2) is 0 Å². The van der Waals surface area contributed by atoms with E-state index in [2.05, 4.69) is 10.3 Å². The second kappa shape index (κ2) is 5.00. The number of anilines is 2. The summed E-state index contributed by atoms with van der Waals surface area (Å²) >= 11 is 0. The van der Waals surface area contributed by atoms with E-state index in [4.69, 9.17) is 5.73 Å². The molecular weight excluding hydrogens is 256 g/mol. The van der Waals surface area contributed by atoms with Crippen molar-refractivity contribution in [3.8, 4) is 0 Å². The summed E-state index contributed by atoms with van der Waals surface area (Å²) < 4.78 is 1.44. The fourth-order valence-electron chi connectivity index (χ4n) is 3.78. The number of nitrogen functional groups attached to an aromatic ring is 1. The Bertz CT molecular complexity index is 619. The highest BCUT2D eigenvalue weighted by Gasteiger charge is 2.40. The molecule has 0 amide bonds. The zero-order chi connectivity index (χ0) is 14.3. The standard InChI is InChI=1S/C14H22N4O2/c1-2-5-18-12(15)11(13(19)17-14(18)20)16-10-7-8-3-4-9(10)6-8/h8-10,16H,2-7,15H2,1H3,(H,17,19,20). The van der Waals surface area contributed by atoms with Crippen LogP contribution in [0.25, 0.3) is 0 Å². The lowest BCUT2D eigenvalue weighted by Crippen LogP contribution is -2.37. The maximum absolute atomic E-state index is 12.0. The molecule has 0 aliphatic heterocycles. The maximum Gasteiger partial charge on any atom is 0.330 e. The number of fused-ring (bicyclic) bond motifs is 2. The van der Waals surface area contributed by atoms with E-state index < -0.39 is 11.2 Å². The zero-order valence-electron chi connectivity index (χ0n) is 11.8. The predicted octanol–water partition coefficient (Wildman–Crippen LogP) is 1.13. The van der Waals surface area contributed by atoms with Gasteiger partial charge in [-0.05, 0) is 37.5 Å². The van der Waals surface area contributed by atoms with Crippen molar-refractivity contribution in [2.24, 2.45) is 11.8 Å². The first-order chi connectivity index (χ1) is 9.60. The molecule has 1 aromatic heterocycles. The number of rotatable bonds is 4. The van der Waals surface area contributed by atoms with E-state index >= 15 is 0 Å². The van der Waals surface area contributed by atoms with Crippen LogP contribution in [0.4, 0.5) is 11.5 Å². The average molecular weight is 278 g/mol. The van der Waals surface area contributed by atoms with Gasteiger partial charge < -0.3 is 11.1 Å². The van der Waals surface area contributed by atoms with Gasteiger partial charge in [-0.25, -0.2) is 4.79 Å². The third-order valence-electron chi connectivity index (χ3n) is 4.75. The third-order valence-corrected chi connectivity index (χ3v) is 4.75. The molecule has 6 heteroatoms. The number of hydrogen-bond acceptors (Lipinski definition) is 4. The fourth-order valence-corrected chi connectivity index (χ4v) is 3.78. The highest BCUT2D eigenvalue weighted by molar-refractivity contribution is 5.61. The summed E-state index contributed by atoms with van der Waals surface area (Å²) in [6.07, 6.45) is 5.70. The summed E-state index contributed by atoms with van der Waals surface area (Å²) in [6.45, 7) is 2.49. The molecule has 3 unspecified atom stereocenters. The summed E-state index contributed by atoms with van der Waals surface area (Å²) in [7, 11) is 0. The molecular formula is C14H22N4O2. The molecule has 0 saturated heterocycles. The number of nitrogens with zero attached hydrogens (tertiary/aromatic N) is 1. The van der Waals surface area contributed by atoms with Crippen molar-refractivity contribution in [1.29, 1.82) is 0 Å². The largest absolute Gasteiger partial charge is 0.383 e. The Morgan fingerprint density at radius 2 is 2.15 bits per heavy atom. The van der Waals surface area contributed by atoms with Crippen molar-refractivity contribution in [3.05, 3.63) is 20.8 Å². The first kappa shape index (κ1) is 13.3. The number of nitrogens with one attached hydrogen (secondary N) is 2. The SMILES string of the molecule is CCCn1c(N)c(NC2CC3CCC2C3)c(=O)[nH]c1=O. The van der Waals surface area contributed by atoms with Crippen molar-refractivity contribution < 1.29 is 0 Å². The van der Waals surface area contributed by atoms with Gasteiger partial charge in [0.2, 0.25) is 0 Å². The molecule has 0 aromatic carbocycles. The minimum atomic E-state index is -0.423. The summed E-state index contributed by atoms with van der Waals surface area (Å²) in [5.74, 6) is 1.70. The van der Waals surface area contributed by atoms with Gasteiger partial charge in [0.25, 0.3) is 5.56 Å². The van der Waals surface area contributed by atoms with E-state index in [1.165, 1.54) is 23.8 Å². The Morgan fingerprint density at radius 1 is 1.35 bits per heavy atom. The lowest BCUT2D eigenvalue weighted by atomic mass is 9.95. The average Bonchev–Trinajstić information content (AvgIpc) is 3.01. The predicted molar refractivity (Wildman–Crippen MR) is 78.9 cm³/mol. The summed E-state index contributed by atoms with van der Waals surface area (Å²) in [4.78, 5) is 26.1. The summed E-state index contributed by atoms with van der Waals surface area (Å²) in [5, 5.41) is 3.31. The molecule has 6 nitrogen and oxygen atoms in total. The van der Waals surface area contributed by atoms with Gasteiger partial charge in [-0.2, -0.15) is 0 Å². The van der Waals surface area contributed by atoms with E-state index in [0.29, 0.717) is 24.2 Å². The van der Waals surface area contributed by atoms with Crippen molar-refractivity contribution in [1.82, 2.24) is 9.55 Å². The van der Waals surface area contributed by atoms with Gasteiger partial charge in [0.05, 0.1) is 0 Å². The van der Waals surface area contributed by atoms with E-state index in [1.807, 2.05) is 6.92 Å². The quantitative estimate of drug-likeness (QED) is 0.769. The number of H-pyrrole nitrogens is 1. The molecule has 0 radical (unpaired) electrons. The molecule has 3 atom stereocenters. The molecule has 4 N–H and O–H groups in total. The molecule has 20 heavy (non-hydrogen) atoms. The minimum Gasteiger partial charge on any atom is -0.383 e. The molecule has 2 saturated carbocycles. The monoisotopic (exact) mass is 278 g/mol. The molecule has 110 valence electrons. The molecule has 1 aromatic rings. The van der Waals surface area contributed by atoms with E-state index in [0.717, 1.165) is 18.8 Å². The van der Waals surface area contributed by atoms with Crippen molar-refractivity contribution in [2.45, 2.75) is 51.6 Å². The van der Waals surface area contributed by atoms with Crippen LogP contribution in [0.5, 0.6) is 0 Å². The van der Waals surface area contributed by atoms with E-state index in [-0.39, 0.29) is 5.82 Å². The summed E-state index contributed by atoms with van der Waals surface area (Å²) in [5.41, 5.74) is 5.58. The van der Waals surface area contributed by atoms with Crippen LogP contribution in [-0.4, -0.2) is 15.6 Å². The number of aromatic nitrogens is 2. The van der Waals surface area contributed by atoms with Crippen LogP contribution in [0.1, 0.15) is 39.0 Å². The lowest BCUT2D eigenvalue weighted by molar-refractivity contribution is 0.439. The van der Waals surface area contributed by atoms with Crippen LogP contribution in [0, 0.1) is 11.8 Å². The Labute approximate surface area is 117 Å². The van der Waals surface area contributed by atoms with Crippen LogP contribution in [0.3, 0.4) is 0 Å². The number of nitrogens with two attached hydrogens (primary N) is 1. The molecule has 1 heterocycles. The van der Waals surface area contributed by atoms with Crippen LogP contribution >= 0.6 is 0 Å². The van der Waals surface area contributed by atoms with Gasteiger partial charge in [-0.3, -0.25) is 14.3 Å². The first-order valence-corrected chi connectivity index (χ1v) is 7.49. The normalized spacial score (nSPS) is 27.9. The number of hydrogen-bond donors (Lipinski definition) is 3. The lowest BCUT2D eigenvalue weighted by Gasteiger charge is -2.24. The zero-order valence-corrected chi connectivity index (χ0v) is 11.8. The molecule has 2 aliphatic carbocycles. The Balaban J connectivity index is 1.91. The number of aromatic amines is 1. The molecule has 3 rings (SSSR count). The van der Waals surface area contributed by atoms with Crippen LogP contribution in [0.2, 0.25) is 0 Å². The van der Waals surface area contributed by atoms with Crippen molar-refractivity contribution in [3.63, 3.8) is 0 Å². The Morgan fingerprint density at radius 3 is 2.75 bits per heavy atom. The highest BCUT2D eigenvalue weighted by Crippen LogP contribution is 2.45. The third kappa shape index (κ3) is 2.13. The maximum atomic E-state index is 12.0. The van der Waals surface area contributed by atoms with Crippen molar-refractivity contribution in [2.75, 3.05) is 11.1 Å². The smallest absolute Gasteiger partial charge is 0.330 e. The topological polar surface area (TPSA) is 92.9 Å². The summed E-state index contributed by atoms with van der Waals surface area (Å²) in [6, 6.07) is 0.324. The van der Waals surface area contributed by atoms with Gasteiger partial charge in [-0.1, -0.05) is 13.3 Å². The minimum absolute atomic E-state index is 0.267. The van der Waals surface area contributed by atoms with E-state index in [1.54, 1.807) is 0 Å². The fraction of sp³-hybridized carbons (Fsp3) is 0.714. The highest BCUT2D eigenvalue weighted by atomic mass is 16.2. The Hall–Kier alpha value is -1.72. The second-order valence-electron chi connectivity index (χ2n) is 6.10. The molecule has 2 aliphatic rings. The van der Waals surface area contributed by atoms with Crippen LogP contribution < -0.4 is 22.3 Å². The van der Waals surface area contributed by atoms with Gasteiger partial charge in [0.1, 0.15) is 11.5 Å². The molecule has 2 bridgehead atoms. The van der Waals surface area contributed by atoms with Gasteiger partial charge in [0, 0.05) is 12.6 Å². The van der Waals surface area contributed by atoms with Crippen molar-refractivity contribution >= 4 is 11.5 Å².